The van der Waals surface area contributed by atoms with Gasteiger partial charge in [-0.3, -0.25) is 4.79 Å². The fourth-order valence-electron chi connectivity index (χ4n) is 3.20. The fourth-order valence-corrected chi connectivity index (χ4v) is 3.46. The maximum absolute atomic E-state index is 12.6. The zero-order chi connectivity index (χ0) is 17.9. The number of fused-ring (bicyclic) bond motifs is 1. The normalized spacial score (nSPS) is 15.2. The molecule has 2 heterocycles. The molecule has 1 aromatic heterocycles. The molecule has 0 N–H and O–H groups in total. The van der Waals surface area contributed by atoms with Crippen LogP contribution in [0.3, 0.4) is 0 Å². The second-order valence-electron chi connectivity index (χ2n) is 6.35. The Labute approximate surface area is 160 Å². The van der Waals surface area contributed by atoms with E-state index in [-0.39, 0.29) is 12.0 Å². The Morgan fingerprint density at radius 3 is 2.58 bits per heavy atom. The SMILES string of the molecule is O=C(c1ccc(Br)cc1)N1CCC(Oc2nncc3ccccc23)CC1. The van der Waals surface area contributed by atoms with E-state index in [1.54, 1.807) is 6.20 Å². The fraction of sp³-hybridized carbons (Fsp3) is 0.250. The summed E-state index contributed by atoms with van der Waals surface area (Å²) in [6.45, 7) is 1.36. The third-order valence-corrected chi connectivity index (χ3v) is 5.16. The van der Waals surface area contributed by atoms with E-state index in [1.165, 1.54) is 0 Å². The molecule has 0 atom stereocenters. The first-order chi connectivity index (χ1) is 12.7. The van der Waals surface area contributed by atoms with E-state index in [2.05, 4.69) is 26.1 Å². The van der Waals surface area contributed by atoms with Crippen molar-refractivity contribution in [1.82, 2.24) is 15.1 Å². The first-order valence-electron chi connectivity index (χ1n) is 8.62. The molecule has 4 rings (SSSR count). The lowest BCUT2D eigenvalue weighted by Crippen LogP contribution is -2.41. The number of hydrogen-bond donors (Lipinski definition) is 0. The highest BCUT2D eigenvalue weighted by molar-refractivity contribution is 9.10. The number of nitrogens with zero attached hydrogens (tertiary/aromatic N) is 3. The lowest BCUT2D eigenvalue weighted by molar-refractivity contribution is 0.0589. The third-order valence-electron chi connectivity index (χ3n) is 4.64. The molecule has 0 unspecified atom stereocenters. The predicted octanol–water partition coefficient (Wildman–Crippen LogP) is 4.08. The second-order valence-corrected chi connectivity index (χ2v) is 7.27. The highest BCUT2D eigenvalue weighted by Gasteiger charge is 2.25. The Kier molecular flexibility index (Phi) is 4.84. The van der Waals surface area contributed by atoms with E-state index >= 15 is 0 Å². The average Bonchev–Trinajstić information content (AvgIpc) is 2.69. The number of likely N-dealkylation sites (tertiary alicyclic amines) is 1. The van der Waals surface area contributed by atoms with E-state index in [9.17, 15) is 4.79 Å². The van der Waals surface area contributed by atoms with Crippen LogP contribution in [-0.4, -0.2) is 40.2 Å². The number of ether oxygens (including phenoxy) is 1. The summed E-state index contributed by atoms with van der Waals surface area (Å²) in [4.78, 5) is 14.5. The summed E-state index contributed by atoms with van der Waals surface area (Å²) in [5.41, 5.74) is 0.715. The lowest BCUT2D eigenvalue weighted by Gasteiger charge is -2.32. The van der Waals surface area contributed by atoms with Gasteiger partial charge in [-0.2, -0.15) is 5.10 Å². The number of hydrogen-bond acceptors (Lipinski definition) is 4. The van der Waals surface area contributed by atoms with Gasteiger partial charge >= 0.3 is 0 Å². The molecule has 2 aromatic carbocycles. The van der Waals surface area contributed by atoms with Crippen LogP contribution >= 0.6 is 15.9 Å². The van der Waals surface area contributed by atoms with Gasteiger partial charge in [0.05, 0.1) is 6.20 Å². The molecule has 1 amide bonds. The summed E-state index contributed by atoms with van der Waals surface area (Å²) in [5.74, 6) is 0.640. The molecule has 5 nitrogen and oxygen atoms in total. The van der Waals surface area contributed by atoms with Gasteiger partial charge < -0.3 is 9.64 Å². The van der Waals surface area contributed by atoms with E-state index in [0.29, 0.717) is 24.5 Å². The van der Waals surface area contributed by atoms with E-state index < -0.39 is 0 Å². The van der Waals surface area contributed by atoms with E-state index in [1.807, 2.05) is 53.4 Å². The first-order valence-corrected chi connectivity index (χ1v) is 9.42. The molecule has 1 saturated heterocycles. The Morgan fingerprint density at radius 1 is 1.08 bits per heavy atom. The van der Waals surface area contributed by atoms with Gasteiger partial charge in [-0.15, -0.1) is 5.10 Å². The van der Waals surface area contributed by atoms with Crippen LogP contribution in [0.5, 0.6) is 5.88 Å². The quantitative estimate of drug-likeness (QED) is 0.651. The smallest absolute Gasteiger partial charge is 0.253 e. The van der Waals surface area contributed by atoms with Crippen molar-refractivity contribution in [2.75, 3.05) is 13.1 Å². The highest BCUT2D eigenvalue weighted by Crippen LogP contribution is 2.25. The van der Waals surface area contributed by atoms with Gasteiger partial charge in [0.2, 0.25) is 5.88 Å². The van der Waals surface area contributed by atoms with Gasteiger partial charge in [0.1, 0.15) is 6.10 Å². The Morgan fingerprint density at radius 2 is 1.81 bits per heavy atom. The van der Waals surface area contributed by atoms with E-state index in [4.69, 9.17) is 4.74 Å². The van der Waals surface area contributed by atoms with Gasteiger partial charge in [-0.05, 0) is 30.3 Å². The average molecular weight is 412 g/mol. The Bertz CT molecular complexity index is 916. The van der Waals surface area contributed by atoms with Gasteiger partial charge in [-0.25, -0.2) is 0 Å². The van der Waals surface area contributed by atoms with Crippen molar-refractivity contribution in [3.8, 4) is 5.88 Å². The largest absolute Gasteiger partial charge is 0.473 e. The van der Waals surface area contributed by atoms with Gasteiger partial charge in [0, 0.05) is 46.7 Å². The molecule has 1 aliphatic rings. The molecular weight excluding hydrogens is 394 g/mol. The summed E-state index contributed by atoms with van der Waals surface area (Å²) >= 11 is 3.39. The van der Waals surface area contributed by atoms with Crippen molar-refractivity contribution in [1.29, 1.82) is 0 Å². The number of rotatable bonds is 3. The number of carbonyl (C=O) groups is 1. The zero-order valence-electron chi connectivity index (χ0n) is 14.1. The molecule has 0 bridgehead atoms. The Balaban J connectivity index is 1.40. The molecule has 1 fully saturated rings. The molecule has 0 spiro atoms. The monoisotopic (exact) mass is 411 g/mol. The number of aromatic nitrogens is 2. The highest BCUT2D eigenvalue weighted by atomic mass is 79.9. The standard InChI is InChI=1S/C20H18BrN3O2/c21-16-7-5-14(6-8-16)20(25)24-11-9-17(10-12-24)26-19-18-4-2-1-3-15(18)13-22-23-19/h1-8,13,17H,9-12H2. The van der Waals surface area contributed by atoms with Crippen molar-refractivity contribution in [3.05, 3.63) is 64.8 Å². The molecule has 0 radical (unpaired) electrons. The first kappa shape index (κ1) is 17.0. The maximum Gasteiger partial charge on any atom is 0.253 e. The summed E-state index contributed by atoms with van der Waals surface area (Å²) in [7, 11) is 0. The van der Waals surface area contributed by atoms with Crippen molar-refractivity contribution in [2.24, 2.45) is 0 Å². The zero-order valence-corrected chi connectivity index (χ0v) is 15.7. The van der Waals surface area contributed by atoms with Crippen molar-refractivity contribution < 1.29 is 9.53 Å². The predicted molar refractivity (Wildman–Crippen MR) is 103 cm³/mol. The van der Waals surface area contributed by atoms with Crippen LogP contribution in [0.4, 0.5) is 0 Å². The van der Waals surface area contributed by atoms with Gasteiger partial charge in [0.25, 0.3) is 5.91 Å². The van der Waals surface area contributed by atoms with Crippen molar-refractivity contribution >= 4 is 32.6 Å². The summed E-state index contributed by atoms with van der Waals surface area (Å²) in [5, 5.41) is 10.2. The number of benzene rings is 2. The molecule has 0 aliphatic carbocycles. The maximum atomic E-state index is 12.6. The molecule has 6 heteroatoms. The molecular formula is C20H18BrN3O2. The van der Waals surface area contributed by atoms with Crippen LogP contribution < -0.4 is 4.74 Å². The van der Waals surface area contributed by atoms with Crippen LogP contribution in [0, 0.1) is 0 Å². The molecule has 3 aromatic rings. The minimum absolute atomic E-state index is 0.0454. The minimum Gasteiger partial charge on any atom is -0.473 e. The second kappa shape index (κ2) is 7.41. The molecule has 26 heavy (non-hydrogen) atoms. The van der Waals surface area contributed by atoms with Crippen LogP contribution in [-0.2, 0) is 0 Å². The number of amides is 1. The lowest BCUT2D eigenvalue weighted by atomic mass is 10.1. The molecule has 132 valence electrons. The van der Waals surface area contributed by atoms with Crippen LogP contribution in [0.15, 0.2) is 59.2 Å². The van der Waals surface area contributed by atoms with Crippen LogP contribution in [0.2, 0.25) is 0 Å². The van der Waals surface area contributed by atoms with Gasteiger partial charge in [0.15, 0.2) is 0 Å². The summed E-state index contributed by atoms with van der Waals surface area (Å²) < 4.78 is 7.07. The minimum atomic E-state index is 0.0454. The summed E-state index contributed by atoms with van der Waals surface area (Å²) in [6.07, 6.45) is 3.35. The number of halogens is 1. The number of piperidine rings is 1. The molecule has 0 saturated carbocycles. The summed E-state index contributed by atoms with van der Waals surface area (Å²) in [6, 6.07) is 15.4. The van der Waals surface area contributed by atoms with E-state index in [0.717, 1.165) is 28.1 Å². The molecule has 1 aliphatic heterocycles. The van der Waals surface area contributed by atoms with Crippen LogP contribution in [0.1, 0.15) is 23.2 Å². The van der Waals surface area contributed by atoms with Crippen LogP contribution in [0.25, 0.3) is 10.8 Å². The third kappa shape index (κ3) is 3.55. The number of carbonyl (C=O) groups excluding carboxylic acids is 1. The van der Waals surface area contributed by atoms with Crippen molar-refractivity contribution in [3.63, 3.8) is 0 Å². The van der Waals surface area contributed by atoms with Gasteiger partial charge in [-0.1, -0.05) is 34.1 Å². The van der Waals surface area contributed by atoms with Crippen molar-refractivity contribution in [2.45, 2.75) is 18.9 Å². The topological polar surface area (TPSA) is 55.3 Å². The Hall–Kier alpha value is -2.47.